The number of methoxy groups -OCH3 is 1. The first-order chi connectivity index (χ1) is 8.62. The Bertz CT molecular complexity index is 405. The fourth-order valence-electron chi connectivity index (χ4n) is 1.99. The van der Waals surface area contributed by atoms with Crippen molar-refractivity contribution in [3.05, 3.63) is 29.3 Å². The van der Waals surface area contributed by atoms with E-state index in [4.69, 9.17) is 10.5 Å². The second-order valence-electron chi connectivity index (χ2n) is 4.34. The highest BCUT2D eigenvalue weighted by molar-refractivity contribution is 5.77. The van der Waals surface area contributed by atoms with Crippen LogP contribution >= 0.6 is 0 Å². The van der Waals surface area contributed by atoms with E-state index in [0.717, 1.165) is 16.9 Å². The van der Waals surface area contributed by atoms with Gasteiger partial charge in [-0.15, -0.1) is 0 Å². The molecule has 0 spiro atoms. The Balaban J connectivity index is 2.93. The third kappa shape index (κ3) is 3.74. The van der Waals surface area contributed by atoms with Gasteiger partial charge < -0.3 is 15.8 Å². The maximum absolute atomic E-state index is 11.7. The molecule has 1 atom stereocenters. The smallest absolute Gasteiger partial charge is 0.220 e. The molecular weight excluding hydrogens is 228 g/mol. The van der Waals surface area contributed by atoms with Crippen molar-refractivity contribution in [2.24, 2.45) is 5.73 Å². The molecule has 0 heterocycles. The van der Waals surface area contributed by atoms with Crippen LogP contribution < -0.4 is 15.8 Å². The lowest BCUT2D eigenvalue weighted by Crippen LogP contribution is -2.27. The molecule has 3 N–H and O–H groups in total. The summed E-state index contributed by atoms with van der Waals surface area (Å²) in [4.78, 5) is 11.7. The zero-order valence-electron chi connectivity index (χ0n) is 11.3. The van der Waals surface area contributed by atoms with Crippen LogP contribution in [0.1, 0.15) is 30.4 Å². The van der Waals surface area contributed by atoms with Gasteiger partial charge in [-0.1, -0.05) is 17.7 Å². The number of nitrogens with two attached hydrogens (primary N) is 1. The summed E-state index contributed by atoms with van der Waals surface area (Å²) in [5.41, 5.74) is 7.93. The van der Waals surface area contributed by atoms with Crippen molar-refractivity contribution in [1.29, 1.82) is 0 Å². The van der Waals surface area contributed by atoms with Gasteiger partial charge in [-0.2, -0.15) is 0 Å². The number of benzene rings is 1. The lowest BCUT2D eigenvalue weighted by Gasteiger charge is -2.18. The molecule has 4 heteroatoms. The number of aryl methyl sites for hydroxylation is 1. The minimum absolute atomic E-state index is 0.00796. The summed E-state index contributed by atoms with van der Waals surface area (Å²) in [5, 5.41) is 2.80. The van der Waals surface area contributed by atoms with Gasteiger partial charge in [-0.3, -0.25) is 4.79 Å². The molecule has 1 unspecified atom stereocenters. The Morgan fingerprint density at radius 3 is 2.78 bits per heavy atom. The predicted molar refractivity (Wildman–Crippen MR) is 72.8 cm³/mol. The van der Waals surface area contributed by atoms with E-state index in [1.807, 2.05) is 32.0 Å². The number of amides is 1. The molecule has 18 heavy (non-hydrogen) atoms. The number of carbonyl (C=O) groups is 1. The van der Waals surface area contributed by atoms with E-state index in [2.05, 4.69) is 5.32 Å². The van der Waals surface area contributed by atoms with Gasteiger partial charge in [0.25, 0.3) is 0 Å². The topological polar surface area (TPSA) is 64.4 Å². The number of carbonyl (C=O) groups excluding carboxylic acids is 1. The molecule has 0 aliphatic heterocycles. The highest BCUT2D eigenvalue weighted by Gasteiger charge is 2.18. The second-order valence-corrected chi connectivity index (χ2v) is 4.34. The number of nitrogens with one attached hydrogen (secondary N) is 1. The monoisotopic (exact) mass is 250 g/mol. The summed E-state index contributed by atoms with van der Waals surface area (Å²) >= 11 is 0. The molecule has 1 amide bonds. The molecule has 0 fully saturated rings. The maximum Gasteiger partial charge on any atom is 0.220 e. The molecular formula is C14H22N2O2. The normalized spacial score (nSPS) is 12.0. The van der Waals surface area contributed by atoms with Gasteiger partial charge in [0, 0.05) is 18.9 Å². The second kappa shape index (κ2) is 7.01. The van der Waals surface area contributed by atoms with E-state index in [1.54, 1.807) is 7.11 Å². The maximum atomic E-state index is 11.7. The number of hydrogen-bond acceptors (Lipinski definition) is 3. The van der Waals surface area contributed by atoms with Gasteiger partial charge in [0.1, 0.15) is 5.75 Å². The minimum Gasteiger partial charge on any atom is -0.496 e. The van der Waals surface area contributed by atoms with Crippen molar-refractivity contribution in [1.82, 2.24) is 5.32 Å². The largest absolute Gasteiger partial charge is 0.496 e. The van der Waals surface area contributed by atoms with Crippen LogP contribution in [0.15, 0.2) is 18.2 Å². The number of rotatable bonds is 6. The van der Waals surface area contributed by atoms with Gasteiger partial charge >= 0.3 is 0 Å². The fourth-order valence-corrected chi connectivity index (χ4v) is 1.99. The van der Waals surface area contributed by atoms with Crippen molar-refractivity contribution < 1.29 is 9.53 Å². The molecule has 0 saturated carbocycles. The molecule has 1 aromatic carbocycles. The van der Waals surface area contributed by atoms with Crippen LogP contribution in [0.4, 0.5) is 0 Å². The summed E-state index contributed by atoms with van der Waals surface area (Å²) in [6.45, 7) is 4.99. The summed E-state index contributed by atoms with van der Waals surface area (Å²) in [6.07, 6.45) is 0.393. The molecule has 100 valence electrons. The van der Waals surface area contributed by atoms with Gasteiger partial charge in [0.2, 0.25) is 5.91 Å². The Kier molecular flexibility index (Phi) is 5.65. The summed E-state index contributed by atoms with van der Waals surface area (Å²) < 4.78 is 5.34. The average Bonchev–Trinajstić information content (AvgIpc) is 2.36. The van der Waals surface area contributed by atoms with Crippen LogP contribution in [0.25, 0.3) is 0 Å². The highest BCUT2D eigenvalue weighted by Crippen LogP contribution is 2.29. The highest BCUT2D eigenvalue weighted by atomic mass is 16.5. The predicted octanol–water partition coefficient (Wildman–Crippen LogP) is 1.57. The third-order valence-electron chi connectivity index (χ3n) is 2.92. The van der Waals surface area contributed by atoms with Gasteiger partial charge in [-0.25, -0.2) is 0 Å². The minimum atomic E-state index is -0.00796. The Hall–Kier alpha value is -1.55. The number of hydrogen-bond donors (Lipinski definition) is 2. The first kappa shape index (κ1) is 14.5. The first-order valence-electron chi connectivity index (χ1n) is 6.23. The molecule has 1 rings (SSSR count). The zero-order valence-corrected chi connectivity index (χ0v) is 11.3. The van der Waals surface area contributed by atoms with Crippen molar-refractivity contribution in [3.8, 4) is 5.75 Å². The molecule has 0 aliphatic rings. The molecule has 4 nitrogen and oxygen atoms in total. The molecule has 1 aromatic rings. The third-order valence-corrected chi connectivity index (χ3v) is 2.92. The first-order valence-corrected chi connectivity index (χ1v) is 6.23. The molecule has 0 bridgehead atoms. The van der Waals surface area contributed by atoms with E-state index in [9.17, 15) is 4.79 Å². The van der Waals surface area contributed by atoms with Crippen molar-refractivity contribution in [3.63, 3.8) is 0 Å². The zero-order chi connectivity index (χ0) is 13.5. The Morgan fingerprint density at radius 1 is 1.50 bits per heavy atom. The summed E-state index contributed by atoms with van der Waals surface area (Å²) in [6, 6.07) is 5.95. The van der Waals surface area contributed by atoms with Gasteiger partial charge in [-0.05, 0) is 32.0 Å². The summed E-state index contributed by atoms with van der Waals surface area (Å²) in [5.74, 6) is 0.809. The van der Waals surface area contributed by atoms with Crippen LogP contribution in [0.5, 0.6) is 5.75 Å². The molecule has 0 saturated heterocycles. The van der Waals surface area contributed by atoms with Crippen molar-refractivity contribution in [2.75, 3.05) is 20.2 Å². The van der Waals surface area contributed by atoms with E-state index >= 15 is 0 Å². The Morgan fingerprint density at radius 2 is 2.22 bits per heavy atom. The summed E-state index contributed by atoms with van der Waals surface area (Å²) in [7, 11) is 1.63. The standard InChI is InChI=1S/C14H22N2O2/c1-4-16-14(17)8-11(9-15)12-7-10(2)5-6-13(12)18-3/h5-7,11H,4,8-9,15H2,1-3H3,(H,16,17). The quantitative estimate of drug-likeness (QED) is 0.805. The van der Waals surface area contributed by atoms with E-state index in [0.29, 0.717) is 19.5 Å². The molecule has 0 radical (unpaired) electrons. The average molecular weight is 250 g/mol. The van der Waals surface area contributed by atoms with E-state index in [-0.39, 0.29) is 11.8 Å². The van der Waals surface area contributed by atoms with Crippen molar-refractivity contribution >= 4 is 5.91 Å². The lowest BCUT2D eigenvalue weighted by molar-refractivity contribution is -0.121. The molecule has 0 aliphatic carbocycles. The van der Waals surface area contributed by atoms with Gasteiger partial charge in [0.15, 0.2) is 0 Å². The lowest BCUT2D eigenvalue weighted by atomic mass is 9.93. The van der Waals surface area contributed by atoms with Crippen LogP contribution in [0, 0.1) is 6.92 Å². The fraction of sp³-hybridized carbons (Fsp3) is 0.500. The number of ether oxygens (including phenoxy) is 1. The van der Waals surface area contributed by atoms with Crippen LogP contribution in [-0.4, -0.2) is 26.1 Å². The van der Waals surface area contributed by atoms with Crippen LogP contribution in [-0.2, 0) is 4.79 Å². The van der Waals surface area contributed by atoms with E-state index in [1.165, 1.54) is 0 Å². The van der Waals surface area contributed by atoms with Crippen LogP contribution in [0.2, 0.25) is 0 Å². The van der Waals surface area contributed by atoms with Crippen molar-refractivity contribution in [2.45, 2.75) is 26.2 Å². The SMILES string of the molecule is CCNC(=O)CC(CN)c1cc(C)ccc1OC. The Labute approximate surface area is 109 Å². The molecule has 0 aromatic heterocycles. The van der Waals surface area contributed by atoms with Gasteiger partial charge in [0.05, 0.1) is 7.11 Å². The van der Waals surface area contributed by atoms with E-state index < -0.39 is 0 Å². The van der Waals surface area contributed by atoms with Crippen LogP contribution in [0.3, 0.4) is 0 Å².